The molecule has 0 aliphatic carbocycles. The Hall–Kier alpha value is -0.580. The third kappa shape index (κ3) is 3.50. The molecule has 1 fully saturated rings. The molecule has 1 aliphatic rings. The summed E-state index contributed by atoms with van der Waals surface area (Å²) in [4.78, 5) is 14.4. The van der Waals surface area contributed by atoms with E-state index in [1.807, 2.05) is 11.0 Å². The van der Waals surface area contributed by atoms with Crippen molar-refractivity contribution in [3.8, 4) is 0 Å². The van der Waals surface area contributed by atoms with E-state index >= 15 is 0 Å². The molecule has 3 nitrogen and oxygen atoms in total. The third-order valence-electron chi connectivity index (χ3n) is 3.41. The molecular formula is C14H17BrClNO2. The minimum atomic E-state index is -0.390. The van der Waals surface area contributed by atoms with Crippen molar-refractivity contribution in [1.29, 1.82) is 0 Å². The number of hydrogen-bond acceptors (Lipinski definition) is 2. The third-order valence-corrected chi connectivity index (χ3v) is 4.22. The Morgan fingerprint density at radius 1 is 1.63 bits per heavy atom. The summed E-state index contributed by atoms with van der Waals surface area (Å²) in [6.07, 6.45) is 2.17. The molecule has 0 aromatic heterocycles. The van der Waals surface area contributed by atoms with Crippen LogP contribution in [0.2, 0.25) is 5.02 Å². The molecule has 2 rings (SSSR count). The first-order chi connectivity index (χ1) is 8.99. The number of carbonyl (C=O) groups excluding carboxylic acids is 1. The van der Waals surface area contributed by atoms with E-state index < -0.39 is 6.10 Å². The van der Waals surface area contributed by atoms with Gasteiger partial charge in [-0.3, -0.25) is 4.79 Å². The first-order valence-corrected chi connectivity index (χ1v) is 7.60. The van der Waals surface area contributed by atoms with Crippen LogP contribution in [0.3, 0.4) is 0 Å². The van der Waals surface area contributed by atoms with Gasteiger partial charge in [0, 0.05) is 17.1 Å². The van der Waals surface area contributed by atoms with Gasteiger partial charge in [0.05, 0.1) is 16.7 Å². The van der Waals surface area contributed by atoms with Crippen LogP contribution in [0.1, 0.15) is 36.5 Å². The fourth-order valence-corrected chi connectivity index (χ4v) is 3.31. The average molecular weight is 347 g/mol. The lowest BCUT2D eigenvalue weighted by Crippen LogP contribution is -2.37. The molecule has 1 aliphatic heterocycles. The van der Waals surface area contributed by atoms with Crippen LogP contribution in [-0.4, -0.2) is 34.6 Å². The summed E-state index contributed by atoms with van der Waals surface area (Å²) in [6, 6.07) is 5.41. The second kappa shape index (κ2) is 6.25. The second-order valence-corrected chi connectivity index (χ2v) is 6.33. The van der Waals surface area contributed by atoms with Gasteiger partial charge >= 0.3 is 0 Å². The lowest BCUT2D eigenvalue weighted by molar-refractivity contribution is 0.0682. The Morgan fingerprint density at radius 3 is 3.00 bits per heavy atom. The molecule has 2 unspecified atom stereocenters. The van der Waals surface area contributed by atoms with E-state index in [0.717, 1.165) is 23.9 Å². The molecule has 1 aromatic rings. The minimum absolute atomic E-state index is 0.0411. The Balaban J connectivity index is 2.18. The highest BCUT2D eigenvalue weighted by Crippen LogP contribution is 2.27. The van der Waals surface area contributed by atoms with E-state index in [2.05, 4.69) is 15.9 Å². The zero-order chi connectivity index (χ0) is 14.0. The number of nitrogens with zero attached hydrogens (tertiary/aromatic N) is 1. The molecule has 0 saturated carbocycles. The average Bonchev–Trinajstić information content (AvgIpc) is 2.75. The van der Waals surface area contributed by atoms with E-state index in [0.29, 0.717) is 17.0 Å². The second-order valence-electron chi connectivity index (χ2n) is 5.00. The highest BCUT2D eigenvalue weighted by molar-refractivity contribution is 9.10. The molecule has 0 spiro atoms. The monoisotopic (exact) mass is 345 g/mol. The van der Waals surface area contributed by atoms with E-state index in [4.69, 9.17) is 11.6 Å². The number of likely N-dealkylation sites (tertiary alicyclic amines) is 1. The van der Waals surface area contributed by atoms with Crippen molar-refractivity contribution in [1.82, 2.24) is 4.90 Å². The van der Waals surface area contributed by atoms with Crippen LogP contribution >= 0.6 is 27.5 Å². The van der Waals surface area contributed by atoms with Crippen molar-refractivity contribution in [2.45, 2.75) is 38.3 Å². The number of hydrogen-bond donors (Lipinski definition) is 1. The molecule has 1 amide bonds. The van der Waals surface area contributed by atoms with Gasteiger partial charge in [-0.15, -0.1) is 0 Å². The Kier molecular flexibility index (Phi) is 4.87. The van der Waals surface area contributed by atoms with Crippen molar-refractivity contribution >= 4 is 33.4 Å². The lowest BCUT2D eigenvalue weighted by atomic mass is 10.1. The molecule has 1 N–H and O–H groups in total. The van der Waals surface area contributed by atoms with Crippen LogP contribution in [0.5, 0.6) is 0 Å². The molecule has 104 valence electrons. The Morgan fingerprint density at radius 2 is 2.37 bits per heavy atom. The molecular weight excluding hydrogens is 330 g/mol. The topological polar surface area (TPSA) is 40.5 Å². The molecule has 1 heterocycles. The number of aliphatic hydroxyl groups excluding tert-OH is 1. The van der Waals surface area contributed by atoms with Gasteiger partial charge in [0.1, 0.15) is 0 Å². The summed E-state index contributed by atoms with van der Waals surface area (Å²) in [7, 11) is 0. The first-order valence-electron chi connectivity index (χ1n) is 6.43. The predicted molar refractivity (Wildman–Crippen MR) is 79.5 cm³/mol. The smallest absolute Gasteiger partial charge is 0.255 e. The van der Waals surface area contributed by atoms with Gasteiger partial charge in [0.25, 0.3) is 5.91 Å². The fraction of sp³-hybridized carbons (Fsp3) is 0.500. The van der Waals surface area contributed by atoms with Crippen LogP contribution < -0.4 is 0 Å². The minimum Gasteiger partial charge on any atom is -0.393 e. The van der Waals surface area contributed by atoms with Crippen LogP contribution in [0.15, 0.2) is 22.7 Å². The lowest BCUT2D eigenvalue weighted by Gasteiger charge is -2.26. The Labute approximate surface area is 126 Å². The highest BCUT2D eigenvalue weighted by Gasteiger charge is 2.30. The maximum atomic E-state index is 12.5. The zero-order valence-corrected chi connectivity index (χ0v) is 13.1. The molecule has 5 heteroatoms. The summed E-state index contributed by atoms with van der Waals surface area (Å²) >= 11 is 9.46. The van der Waals surface area contributed by atoms with Crippen LogP contribution in [-0.2, 0) is 0 Å². The van der Waals surface area contributed by atoms with Crippen LogP contribution in [0.4, 0.5) is 0 Å². The summed E-state index contributed by atoms with van der Waals surface area (Å²) in [5.74, 6) is -0.0411. The van der Waals surface area contributed by atoms with Crippen molar-refractivity contribution in [2.75, 3.05) is 6.54 Å². The molecule has 0 radical (unpaired) electrons. The van der Waals surface area contributed by atoms with E-state index in [1.54, 1.807) is 19.1 Å². The number of amides is 1. The van der Waals surface area contributed by atoms with Gasteiger partial charge in [-0.25, -0.2) is 0 Å². The standard InChI is InChI=1S/C14H17BrClNO2/c1-9(18)7-11-3-2-6-17(11)14(19)12-5-4-10(15)8-13(12)16/h4-5,8-9,11,18H,2-3,6-7H2,1H3. The van der Waals surface area contributed by atoms with Crippen molar-refractivity contribution < 1.29 is 9.90 Å². The number of benzene rings is 1. The van der Waals surface area contributed by atoms with Crippen molar-refractivity contribution in [3.63, 3.8) is 0 Å². The van der Waals surface area contributed by atoms with Crippen LogP contribution in [0, 0.1) is 0 Å². The van der Waals surface area contributed by atoms with E-state index in [1.165, 1.54) is 0 Å². The largest absolute Gasteiger partial charge is 0.393 e. The van der Waals surface area contributed by atoms with Gasteiger partial charge in [0.2, 0.25) is 0 Å². The van der Waals surface area contributed by atoms with Crippen LogP contribution in [0.25, 0.3) is 0 Å². The predicted octanol–water partition coefficient (Wildman–Crippen LogP) is 3.48. The first kappa shape index (κ1) is 14.8. The summed E-state index contributed by atoms with van der Waals surface area (Å²) in [5, 5.41) is 9.96. The molecule has 1 aromatic carbocycles. The Bertz CT molecular complexity index is 479. The number of rotatable bonds is 3. The fourth-order valence-electron chi connectivity index (χ4n) is 2.56. The number of halogens is 2. The summed E-state index contributed by atoms with van der Waals surface area (Å²) in [6.45, 7) is 2.50. The zero-order valence-electron chi connectivity index (χ0n) is 10.8. The molecule has 1 saturated heterocycles. The quantitative estimate of drug-likeness (QED) is 0.910. The summed E-state index contributed by atoms with van der Waals surface area (Å²) < 4.78 is 0.857. The van der Waals surface area contributed by atoms with Gasteiger partial charge in [-0.05, 0) is 44.4 Å². The van der Waals surface area contributed by atoms with E-state index in [-0.39, 0.29) is 11.9 Å². The van der Waals surface area contributed by atoms with E-state index in [9.17, 15) is 9.90 Å². The SMILES string of the molecule is CC(O)CC1CCCN1C(=O)c1ccc(Br)cc1Cl. The molecule has 2 atom stereocenters. The normalized spacial score (nSPS) is 20.6. The maximum absolute atomic E-state index is 12.5. The van der Waals surface area contributed by atoms with Gasteiger partial charge in [0.15, 0.2) is 0 Å². The highest BCUT2D eigenvalue weighted by atomic mass is 79.9. The molecule has 19 heavy (non-hydrogen) atoms. The van der Waals surface area contributed by atoms with Crippen molar-refractivity contribution in [2.24, 2.45) is 0 Å². The summed E-state index contributed by atoms with van der Waals surface area (Å²) in [5.41, 5.74) is 0.530. The maximum Gasteiger partial charge on any atom is 0.255 e. The van der Waals surface area contributed by atoms with Gasteiger partial charge in [-0.2, -0.15) is 0 Å². The molecule has 0 bridgehead atoms. The number of aliphatic hydroxyl groups is 1. The number of carbonyl (C=O) groups is 1. The van der Waals surface area contributed by atoms with Crippen molar-refractivity contribution in [3.05, 3.63) is 33.3 Å². The van der Waals surface area contributed by atoms with Gasteiger partial charge < -0.3 is 10.0 Å². The van der Waals surface area contributed by atoms with Gasteiger partial charge in [-0.1, -0.05) is 27.5 Å².